The molecule has 0 bridgehead atoms. The fourth-order valence-corrected chi connectivity index (χ4v) is 4.05. The summed E-state index contributed by atoms with van der Waals surface area (Å²) in [5.41, 5.74) is 13.3. The lowest BCUT2D eigenvalue weighted by Crippen LogP contribution is -2.55. The fraction of sp³-hybridized carbons (Fsp3) is 0.300. The van der Waals surface area contributed by atoms with Crippen LogP contribution >= 0.6 is 11.6 Å². The largest absolute Gasteiger partial charge is 0.380 e. The predicted molar refractivity (Wildman–Crippen MR) is 100 cm³/mol. The minimum absolute atomic E-state index is 0.151. The van der Waals surface area contributed by atoms with Crippen molar-refractivity contribution in [2.45, 2.75) is 25.9 Å². The molecule has 2 aliphatic heterocycles. The molecule has 3 aliphatic rings. The SMILES string of the molecule is Cc1cccc(C)c1C1=CC2NC=CC(N3CC(N)C3)=C2C=C1Cl. The van der Waals surface area contributed by atoms with Gasteiger partial charge in [0, 0.05) is 35.4 Å². The van der Waals surface area contributed by atoms with Gasteiger partial charge in [-0.25, -0.2) is 0 Å². The molecule has 1 atom stereocenters. The Morgan fingerprint density at radius 1 is 1.21 bits per heavy atom. The number of nitrogens with one attached hydrogen (secondary N) is 1. The molecule has 1 aromatic rings. The van der Waals surface area contributed by atoms with E-state index in [0.717, 1.165) is 23.7 Å². The van der Waals surface area contributed by atoms with Crippen LogP contribution in [0.2, 0.25) is 0 Å². The van der Waals surface area contributed by atoms with E-state index in [-0.39, 0.29) is 12.1 Å². The number of halogens is 1. The van der Waals surface area contributed by atoms with Crippen LogP contribution in [0, 0.1) is 13.8 Å². The number of likely N-dealkylation sites (tertiary alicyclic amines) is 1. The normalized spacial score (nSPS) is 23.3. The third-order valence-corrected chi connectivity index (χ3v) is 5.33. The molecule has 1 aromatic carbocycles. The van der Waals surface area contributed by atoms with Crippen molar-refractivity contribution in [3.63, 3.8) is 0 Å². The molecule has 124 valence electrons. The highest BCUT2D eigenvalue weighted by Gasteiger charge is 2.31. The van der Waals surface area contributed by atoms with Crippen molar-refractivity contribution in [1.29, 1.82) is 0 Å². The zero-order valence-electron chi connectivity index (χ0n) is 14.0. The zero-order chi connectivity index (χ0) is 16.8. The van der Waals surface area contributed by atoms with E-state index in [0.29, 0.717) is 0 Å². The number of nitrogens with two attached hydrogens (primary N) is 1. The number of benzene rings is 1. The molecule has 0 spiro atoms. The first-order chi connectivity index (χ1) is 11.5. The first-order valence-electron chi connectivity index (χ1n) is 8.38. The number of aryl methyl sites for hydroxylation is 2. The van der Waals surface area contributed by atoms with Crippen LogP contribution in [-0.2, 0) is 0 Å². The van der Waals surface area contributed by atoms with E-state index in [2.05, 4.69) is 60.5 Å². The summed E-state index contributed by atoms with van der Waals surface area (Å²) in [6.07, 6.45) is 8.51. The van der Waals surface area contributed by atoms with Crippen LogP contribution in [0.15, 0.2) is 58.9 Å². The first-order valence-corrected chi connectivity index (χ1v) is 8.75. The lowest BCUT2D eigenvalue weighted by molar-refractivity contribution is 0.205. The van der Waals surface area contributed by atoms with Gasteiger partial charge in [0.1, 0.15) is 0 Å². The molecule has 1 unspecified atom stereocenters. The van der Waals surface area contributed by atoms with Gasteiger partial charge in [0.2, 0.25) is 0 Å². The molecule has 1 saturated heterocycles. The Balaban J connectivity index is 1.76. The number of dihydropyridines is 1. The molecule has 0 radical (unpaired) electrons. The average Bonchev–Trinajstić information content (AvgIpc) is 2.52. The first kappa shape index (κ1) is 15.6. The van der Waals surface area contributed by atoms with E-state index in [1.807, 2.05) is 6.20 Å². The van der Waals surface area contributed by atoms with Crippen LogP contribution in [0.25, 0.3) is 5.57 Å². The van der Waals surface area contributed by atoms with Gasteiger partial charge in [-0.3, -0.25) is 0 Å². The van der Waals surface area contributed by atoms with Gasteiger partial charge in [0.25, 0.3) is 0 Å². The standard InChI is InChI=1S/C20H22ClN3/c1-12-4-3-5-13(2)20(12)15-9-18-16(8-17(15)21)19(6-7-23-18)24-10-14(22)11-24/h3-9,14,18,23H,10-11,22H2,1-2H3. The Morgan fingerprint density at radius 3 is 2.58 bits per heavy atom. The van der Waals surface area contributed by atoms with Crippen LogP contribution in [-0.4, -0.2) is 30.1 Å². The van der Waals surface area contributed by atoms with E-state index >= 15 is 0 Å². The molecule has 0 aromatic heterocycles. The highest BCUT2D eigenvalue weighted by Crippen LogP contribution is 2.38. The highest BCUT2D eigenvalue weighted by atomic mass is 35.5. The van der Waals surface area contributed by atoms with Gasteiger partial charge >= 0.3 is 0 Å². The maximum atomic E-state index is 6.70. The van der Waals surface area contributed by atoms with E-state index in [4.69, 9.17) is 17.3 Å². The van der Waals surface area contributed by atoms with Gasteiger partial charge in [-0.2, -0.15) is 0 Å². The van der Waals surface area contributed by atoms with Crippen molar-refractivity contribution >= 4 is 17.2 Å². The zero-order valence-corrected chi connectivity index (χ0v) is 14.8. The molecule has 4 rings (SSSR count). The van der Waals surface area contributed by atoms with Gasteiger partial charge in [-0.1, -0.05) is 29.8 Å². The van der Waals surface area contributed by atoms with Gasteiger partial charge in [0.05, 0.1) is 6.04 Å². The molecular weight excluding hydrogens is 318 g/mol. The third-order valence-electron chi connectivity index (χ3n) is 5.02. The fourth-order valence-electron chi connectivity index (χ4n) is 3.78. The molecule has 3 nitrogen and oxygen atoms in total. The molecule has 24 heavy (non-hydrogen) atoms. The van der Waals surface area contributed by atoms with Gasteiger partial charge in [-0.05, 0) is 60.5 Å². The molecule has 1 aliphatic carbocycles. The number of fused-ring (bicyclic) bond motifs is 1. The predicted octanol–water partition coefficient (Wildman–Crippen LogP) is 3.21. The number of hydrogen-bond acceptors (Lipinski definition) is 3. The smallest absolute Gasteiger partial charge is 0.0722 e. The summed E-state index contributed by atoms with van der Waals surface area (Å²) in [6, 6.07) is 6.80. The summed E-state index contributed by atoms with van der Waals surface area (Å²) >= 11 is 6.70. The third kappa shape index (κ3) is 2.48. The Kier molecular flexibility index (Phi) is 3.78. The summed E-state index contributed by atoms with van der Waals surface area (Å²) < 4.78 is 0. The molecule has 1 fully saturated rings. The van der Waals surface area contributed by atoms with Gasteiger partial charge in [0.15, 0.2) is 0 Å². The van der Waals surface area contributed by atoms with E-state index in [1.54, 1.807) is 0 Å². The van der Waals surface area contributed by atoms with Gasteiger partial charge < -0.3 is 16.0 Å². The van der Waals surface area contributed by atoms with E-state index in [1.165, 1.54) is 28.0 Å². The summed E-state index contributed by atoms with van der Waals surface area (Å²) in [5, 5.41) is 4.25. The molecule has 0 amide bonds. The van der Waals surface area contributed by atoms with Crippen molar-refractivity contribution in [3.8, 4) is 0 Å². The Hall–Kier alpha value is -1.97. The molecule has 3 N–H and O–H groups in total. The van der Waals surface area contributed by atoms with Crippen molar-refractivity contribution in [1.82, 2.24) is 10.2 Å². The summed E-state index contributed by atoms with van der Waals surface area (Å²) in [5.74, 6) is 0. The monoisotopic (exact) mass is 339 g/mol. The number of rotatable bonds is 2. The number of nitrogens with zero attached hydrogens (tertiary/aromatic N) is 1. The lowest BCUT2D eigenvalue weighted by atomic mass is 9.86. The second kappa shape index (κ2) is 5.83. The minimum Gasteiger partial charge on any atom is -0.380 e. The Bertz CT molecular complexity index is 790. The van der Waals surface area contributed by atoms with Crippen LogP contribution in [0.3, 0.4) is 0 Å². The van der Waals surface area contributed by atoms with Crippen molar-refractivity contribution in [3.05, 3.63) is 75.6 Å². The summed E-state index contributed by atoms with van der Waals surface area (Å²) in [4.78, 5) is 2.32. The molecular formula is C20H22ClN3. The van der Waals surface area contributed by atoms with Crippen LogP contribution in [0.5, 0.6) is 0 Å². The Morgan fingerprint density at radius 2 is 1.92 bits per heavy atom. The number of allylic oxidation sites excluding steroid dienone is 3. The summed E-state index contributed by atoms with van der Waals surface area (Å²) in [6.45, 7) is 6.10. The molecule has 0 saturated carbocycles. The highest BCUT2D eigenvalue weighted by molar-refractivity contribution is 6.37. The minimum atomic E-state index is 0.151. The average molecular weight is 340 g/mol. The van der Waals surface area contributed by atoms with Crippen molar-refractivity contribution in [2.24, 2.45) is 5.73 Å². The van der Waals surface area contributed by atoms with E-state index < -0.39 is 0 Å². The second-order valence-electron chi connectivity index (χ2n) is 6.82. The van der Waals surface area contributed by atoms with Crippen LogP contribution in [0.4, 0.5) is 0 Å². The quantitative estimate of drug-likeness (QED) is 0.869. The topological polar surface area (TPSA) is 41.3 Å². The second-order valence-corrected chi connectivity index (χ2v) is 7.23. The summed E-state index contributed by atoms with van der Waals surface area (Å²) in [7, 11) is 0. The number of hydrogen-bond donors (Lipinski definition) is 2. The molecule has 2 heterocycles. The van der Waals surface area contributed by atoms with E-state index in [9.17, 15) is 0 Å². The van der Waals surface area contributed by atoms with Crippen LogP contribution in [0.1, 0.15) is 16.7 Å². The van der Waals surface area contributed by atoms with Crippen LogP contribution < -0.4 is 11.1 Å². The molecule has 4 heteroatoms. The maximum Gasteiger partial charge on any atom is 0.0722 e. The maximum absolute atomic E-state index is 6.70. The Labute approximate surface area is 148 Å². The van der Waals surface area contributed by atoms with Crippen molar-refractivity contribution < 1.29 is 0 Å². The van der Waals surface area contributed by atoms with Crippen molar-refractivity contribution in [2.75, 3.05) is 13.1 Å². The lowest BCUT2D eigenvalue weighted by Gasteiger charge is -2.42. The van der Waals surface area contributed by atoms with Gasteiger partial charge in [-0.15, -0.1) is 0 Å².